The lowest BCUT2D eigenvalue weighted by molar-refractivity contribution is -0.121. The largest absolute Gasteiger partial charge is 0.409 e. The van der Waals surface area contributed by atoms with Gasteiger partial charge in [-0.15, -0.1) is 0 Å². The van der Waals surface area contributed by atoms with E-state index in [9.17, 15) is 4.79 Å². The molecule has 0 saturated heterocycles. The van der Waals surface area contributed by atoms with E-state index in [0.717, 1.165) is 19.6 Å². The van der Waals surface area contributed by atoms with Crippen molar-refractivity contribution in [1.82, 2.24) is 10.2 Å². The molecule has 0 aliphatic rings. The summed E-state index contributed by atoms with van der Waals surface area (Å²) in [4.78, 5) is 14.5. The highest BCUT2D eigenvalue weighted by atomic mass is 16.4. The molecule has 0 heterocycles. The van der Waals surface area contributed by atoms with E-state index < -0.39 is 5.92 Å². The van der Waals surface area contributed by atoms with Crippen molar-refractivity contribution in [2.75, 3.05) is 26.2 Å². The average molecular weight is 292 g/mol. The minimum absolute atomic E-state index is 0.110. The number of hydrogen-bond donors (Lipinski definition) is 3. The molecule has 1 aromatic carbocycles. The Hall–Kier alpha value is -2.08. The van der Waals surface area contributed by atoms with Gasteiger partial charge in [0.1, 0.15) is 5.92 Å². The zero-order valence-electron chi connectivity index (χ0n) is 12.6. The Morgan fingerprint density at radius 1 is 1.33 bits per heavy atom. The van der Waals surface area contributed by atoms with Crippen molar-refractivity contribution >= 4 is 11.7 Å². The summed E-state index contributed by atoms with van der Waals surface area (Å²) in [6.45, 7) is 7.34. The number of hydrogen-bond acceptors (Lipinski definition) is 4. The molecule has 0 aromatic heterocycles. The summed E-state index contributed by atoms with van der Waals surface area (Å²) in [5.41, 5.74) is 6.36. The third-order valence-electron chi connectivity index (χ3n) is 3.43. The Morgan fingerprint density at radius 2 is 1.95 bits per heavy atom. The third-order valence-corrected chi connectivity index (χ3v) is 3.43. The zero-order chi connectivity index (χ0) is 15.7. The predicted octanol–water partition coefficient (Wildman–Crippen LogP) is 0.975. The highest BCUT2D eigenvalue weighted by Gasteiger charge is 2.24. The number of rotatable bonds is 8. The maximum Gasteiger partial charge on any atom is 0.235 e. The molecule has 0 spiro atoms. The van der Waals surface area contributed by atoms with Gasteiger partial charge in [0, 0.05) is 13.1 Å². The van der Waals surface area contributed by atoms with Crippen LogP contribution in [-0.4, -0.2) is 48.0 Å². The van der Waals surface area contributed by atoms with Crippen molar-refractivity contribution in [2.45, 2.75) is 19.8 Å². The number of carbonyl (C=O) groups excluding carboxylic acids is 1. The molecule has 0 radical (unpaired) electrons. The van der Waals surface area contributed by atoms with Crippen molar-refractivity contribution in [1.29, 1.82) is 0 Å². The molecule has 6 heteroatoms. The molecule has 116 valence electrons. The van der Waals surface area contributed by atoms with Gasteiger partial charge in [0.05, 0.1) is 0 Å². The lowest BCUT2D eigenvalue weighted by Gasteiger charge is -2.20. The summed E-state index contributed by atoms with van der Waals surface area (Å²) in [5.74, 6) is -1.14. The van der Waals surface area contributed by atoms with Gasteiger partial charge < -0.3 is 21.2 Å². The van der Waals surface area contributed by atoms with Crippen LogP contribution in [0.1, 0.15) is 25.3 Å². The van der Waals surface area contributed by atoms with Crippen LogP contribution in [0.2, 0.25) is 0 Å². The van der Waals surface area contributed by atoms with Crippen LogP contribution in [0.4, 0.5) is 0 Å². The number of nitrogens with zero attached hydrogens (tertiary/aromatic N) is 2. The molecule has 0 aliphatic carbocycles. The summed E-state index contributed by atoms with van der Waals surface area (Å²) in [7, 11) is 0. The highest BCUT2D eigenvalue weighted by molar-refractivity contribution is 6.07. The van der Waals surface area contributed by atoms with Crippen molar-refractivity contribution < 1.29 is 10.0 Å². The molecule has 4 N–H and O–H groups in total. The fraction of sp³-hybridized carbons (Fsp3) is 0.467. The van der Waals surface area contributed by atoms with Gasteiger partial charge in [0.25, 0.3) is 0 Å². The molecular formula is C15H24N4O2. The second-order valence-corrected chi connectivity index (χ2v) is 4.69. The van der Waals surface area contributed by atoms with Crippen molar-refractivity contribution in [3.05, 3.63) is 35.9 Å². The van der Waals surface area contributed by atoms with E-state index in [-0.39, 0.29) is 11.7 Å². The molecule has 1 aromatic rings. The first-order valence-electron chi connectivity index (χ1n) is 7.16. The maximum atomic E-state index is 12.3. The molecule has 0 bridgehead atoms. The van der Waals surface area contributed by atoms with Crippen LogP contribution in [0, 0.1) is 0 Å². The number of amides is 1. The standard InChI is InChI=1S/C15H24N4O2/c1-3-19(4-2)11-10-17-15(20)13(14(16)18-21)12-8-6-5-7-9-12/h5-9,13,21H,3-4,10-11H2,1-2H3,(H2,16,18)(H,17,20). The van der Waals surface area contributed by atoms with E-state index in [0.29, 0.717) is 12.1 Å². The third kappa shape index (κ3) is 5.07. The quantitative estimate of drug-likeness (QED) is 0.288. The number of carbonyl (C=O) groups is 1. The summed E-state index contributed by atoms with van der Waals surface area (Å²) in [5, 5.41) is 14.7. The van der Waals surface area contributed by atoms with Crippen LogP contribution in [0.15, 0.2) is 35.5 Å². The first-order chi connectivity index (χ1) is 10.1. The van der Waals surface area contributed by atoms with Gasteiger partial charge in [-0.2, -0.15) is 0 Å². The van der Waals surface area contributed by atoms with E-state index in [4.69, 9.17) is 10.9 Å². The lowest BCUT2D eigenvalue weighted by atomic mass is 9.97. The van der Waals surface area contributed by atoms with Crippen LogP contribution in [0.5, 0.6) is 0 Å². The number of benzene rings is 1. The first-order valence-corrected chi connectivity index (χ1v) is 7.16. The van der Waals surface area contributed by atoms with Crippen molar-refractivity contribution in [2.24, 2.45) is 10.9 Å². The Kier molecular flexibility index (Phi) is 7.25. The van der Waals surface area contributed by atoms with Gasteiger partial charge in [-0.25, -0.2) is 0 Å². The van der Waals surface area contributed by atoms with Gasteiger partial charge in [-0.3, -0.25) is 4.79 Å². The summed E-state index contributed by atoms with van der Waals surface area (Å²) in [6, 6.07) is 9.05. The Labute approximate surface area is 125 Å². The van der Waals surface area contributed by atoms with E-state index >= 15 is 0 Å². The van der Waals surface area contributed by atoms with Crippen molar-refractivity contribution in [3.8, 4) is 0 Å². The Balaban J connectivity index is 2.70. The molecule has 1 amide bonds. The maximum absolute atomic E-state index is 12.3. The number of likely N-dealkylation sites (N-methyl/N-ethyl adjacent to an activating group) is 1. The second-order valence-electron chi connectivity index (χ2n) is 4.69. The van der Waals surface area contributed by atoms with E-state index in [2.05, 4.69) is 29.2 Å². The molecule has 0 saturated carbocycles. The number of amidine groups is 1. The molecule has 1 rings (SSSR count). The monoisotopic (exact) mass is 292 g/mol. The number of oxime groups is 1. The van der Waals surface area contributed by atoms with Crippen LogP contribution in [0.3, 0.4) is 0 Å². The molecule has 1 unspecified atom stereocenters. The summed E-state index contributed by atoms with van der Waals surface area (Å²) >= 11 is 0. The molecule has 6 nitrogen and oxygen atoms in total. The number of nitrogens with one attached hydrogen (secondary N) is 1. The average Bonchev–Trinajstić information content (AvgIpc) is 2.52. The second kappa shape index (κ2) is 8.97. The fourth-order valence-electron chi connectivity index (χ4n) is 2.14. The van der Waals surface area contributed by atoms with E-state index in [1.54, 1.807) is 12.1 Å². The van der Waals surface area contributed by atoms with E-state index in [1.165, 1.54) is 0 Å². The fourth-order valence-corrected chi connectivity index (χ4v) is 2.14. The van der Waals surface area contributed by atoms with Crippen LogP contribution in [0.25, 0.3) is 0 Å². The summed E-state index contributed by atoms with van der Waals surface area (Å²) < 4.78 is 0. The first kappa shape index (κ1) is 17.0. The molecule has 21 heavy (non-hydrogen) atoms. The van der Waals surface area contributed by atoms with Crippen LogP contribution in [-0.2, 0) is 4.79 Å². The smallest absolute Gasteiger partial charge is 0.235 e. The van der Waals surface area contributed by atoms with Gasteiger partial charge in [0.15, 0.2) is 5.84 Å². The van der Waals surface area contributed by atoms with Crippen LogP contribution >= 0.6 is 0 Å². The normalized spacial score (nSPS) is 13.2. The Bertz CT molecular complexity index is 458. The van der Waals surface area contributed by atoms with E-state index in [1.807, 2.05) is 18.2 Å². The predicted molar refractivity (Wildman–Crippen MR) is 83.4 cm³/mol. The molecule has 1 atom stereocenters. The van der Waals surface area contributed by atoms with Crippen molar-refractivity contribution in [3.63, 3.8) is 0 Å². The zero-order valence-corrected chi connectivity index (χ0v) is 12.6. The summed E-state index contributed by atoms with van der Waals surface area (Å²) in [6.07, 6.45) is 0. The Morgan fingerprint density at radius 3 is 2.48 bits per heavy atom. The molecule has 0 fully saturated rings. The van der Waals surface area contributed by atoms with Gasteiger partial charge in [-0.05, 0) is 18.7 Å². The topological polar surface area (TPSA) is 91.0 Å². The van der Waals surface area contributed by atoms with Gasteiger partial charge in [-0.1, -0.05) is 49.3 Å². The molecular weight excluding hydrogens is 268 g/mol. The molecule has 0 aliphatic heterocycles. The highest BCUT2D eigenvalue weighted by Crippen LogP contribution is 2.15. The minimum Gasteiger partial charge on any atom is -0.409 e. The van der Waals surface area contributed by atoms with Gasteiger partial charge >= 0.3 is 0 Å². The van der Waals surface area contributed by atoms with Gasteiger partial charge in [0.2, 0.25) is 5.91 Å². The minimum atomic E-state index is -0.770. The van der Waals surface area contributed by atoms with Crippen LogP contribution < -0.4 is 11.1 Å². The number of nitrogens with two attached hydrogens (primary N) is 1. The lowest BCUT2D eigenvalue weighted by Crippen LogP contribution is -2.40. The SMILES string of the molecule is CCN(CC)CCNC(=O)C(C(N)=NO)c1ccccc1.